The van der Waals surface area contributed by atoms with Crippen LogP contribution in [0.1, 0.15) is 59.8 Å². The molecule has 1 aliphatic carbocycles. The van der Waals surface area contributed by atoms with Gasteiger partial charge in [0.05, 0.1) is 25.2 Å². The number of aliphatic hydroxyl groups excluding tert-OH is 1. The predicted octanol–water partition coefficient (Wildman–Crippen LogP) is 2.63. The fourth-order valence-corrected chi connectivity index (χ4v) is 2.85. The van der Waals surface area contributed by atoms with E-state index in [1.54, 1.807) is 20.8 Å². The quantitative estimate of drug-likeness (QED) is 0.732. The minimum absolute atomic E-state index is 0.0568. The molecule has 1 aliphatic rings. The van der Waals surface area contributed by atoms with Gasteiger partial charge >= 0.3 is 12.1 Å². The Labute approximate surface area is 138 Å². The maximum Gasteiger partial charge on any atom is 0.407 e. The Morgan fingerprint density at radius 3 is 2.30 bits per heavy atom. The number of carbonyl (C=O) groups excluding carboxylic acids is 2. The highest BCUT2D eigenvalue weighted by Crippen LogP contribution is 2.31. The summed E-state index contributed by atoms with van der Waals surface area (Å²) < 4.78 is 10.4. The summed E-state index contributed by atoms with van der Waals surface area (Å²) in [5.74, 6) is -0.0210. The van der Waals surface area contributed by atoms with Crippen LogP contribution in [0.4, 0.5) is 4.79 Å². The molecule has 0 spiro atoms. The predicted molar refractivity (Wildman–Crippen MR) is 86.9 cm³/mol. The largest absolute Gasteiger partial charge is 0.465 e. The van der Waals surface area contributed by atoms with E-state index in [2.05, 4.69) is 5.32 Å². The van der Waals surface area contributed by atoms with Crippen LogP contribution in [0.2, 0.25) is 0 Å². The molecule has 0 aromatic heterocycles. The van der Waals surface area contributed by atoms with Crippen molar-refractivity contribution in [2.24, 2.45) is 11.8 Å². The van der Waals surface area contributed by atoms with Gasteiger partial charge in [-0.05, 0) is 58.8 Å². The topological polar surface area (TPSA) is 84.9 Å². The zero-order chi connectivity index (χ0) is 17.5. The number of rotatable bonds is 6. The van der Waals surface area contributed by atoms with Crippen LogP contribution in [0.25, 0.3) is 0 Å². The lowest BCUT2D eigenvalue weighted by molar-refractivity contribution is -0.150. The van der Waals surface area contributed by atoms with Crippen LogP contribution in [0.15, 0.2) is 0 Å². The van der Waals surface area contributed by atoms with Crippen LogP contribution in [0, 0.1) is 11.8 Å². The first kappa shape index (κ1) is 19.7. The molecule has 0 aromatic rings. The van der Waals surface area contributed by atoms with Crippen molar-refractivity contribution in [2.75, 3.05) is 13.2 Å². The first-order valence-electron chi connectivity index (χ1n) is 8.53. The number of carbonyl (C=O) groups is 2. The lowest BCUT2D eigenvalue weighted by atomic mass is 9.78. The third kappa shape index (κ3) is 7.20. The molecule has 0 radical (unpaired) electrons. The first-order chi connectivity index (χ1) is 10.8. The average Bonchev–Trinajstić information content (AvgIpc) is 2.48. The molecular formula is C17H31NO5. The van der Waals surface area contributed by atoms with Crippen LogP contribution < -0.4 is 5.32 Å². The van der Waals surface area contributed by atoms with Crippen LogP contribution in [-0.4, -0.2) is 42.0 Å². The van der Waals surface area contributed by atoms with Gasteiger partial charge in [0.15, 0.2) is 0 Å². The molecule has 1 unspecified atom stereocenters. The zero-order valence-corrected chi connectivity index (χ0v) is 14.8. The van der Waals surface area contributed by atoms with Crippen LogP contribution in [-0.2, 0) is 14.3 Å². The van der Waals surface area contributed by atoms with Gasteiger partial charge in [-0.25, -0.2) is 4.79 Å². The van der Waals surface area contributed by atoms with Gasteiger partial charge in [-0.15, -0.1) is 0 Å². The number of esters is 1. The molecule has 1 amide bonds. The molecule has 0 aromatic carbocycles. The van der Waals surface area contributed by atoms with Gasteiger partial charge in [-0.1, -0.05) is 6.92 Å². The smallest absolute Gasteiger partial charge is 0.407 e. The fourth-order valence-electron chi connectivity index (χ4n) is 2.85. The van der Waals surface area contributed by atoms with Gasteiger partial charge in [0.25, 0.3) is 0 Å². The van der Waals surface area contributed by atoms with E-state index in [0.717, 1.165) is 32.1 Å². The summed E-state index contributed by atoms with van der Waals surface area (Å²) in [6.07, 6.45) is 3.35. The molecule has 0 aliphatic heterocycles. The third-order valence-corrected chi connectivity index (χ3v) is 4.02. The highest BCUT2D eigenvalue weighted by molar-refractivity contribution is 5.72. The Bertz CT molecular complexity index is 383. The summed E-state index contributed by atoms with van der Waals surface area (Å²) >= 11 is 0. The molecule has 2 N–H and O–H groups in total. The van der Waals surface area contributed by atoms with Gasteiger partial charge in [0, 0.05) is 0 Å². The molecular weight excluding hydrogens is 298 g/mol. The van der Waals surface area contributed by atoms with Crippen LogP contribution in [0.3, 0.4) is 0 Å². The van der Waals surface area contributed by atoms with E-state index in [-0.39, 0.29) is 30.5 Å². The summed E-state index contributed by atoms with van der Waals surface area (Å²) in [6.45, 7) is 7.71. The maximum atomic E-state index is 11.9. The number of hydrogen-bond donors (Lipinski definition) is 2. The molecule has 23 heavy (non-hydrogen) atoms. The van der Waals surface area contributed by atoms with Crippen molar-refractivity contribution in [1.82, 2.24) is 5.32 Å². The minimum atomic E-state index is -0.565. The molecule has 6 heteroatoms. The highest BCUT2D eigenvalue weighted by Gasteiger charge is 2.32. The maximum absolute atomic E-state index is 11.9. The minimum Gasteiger partial charge on any atom is -0.465 e. The Balaban J connectivity index is 2.44. The first-order valence-corrected chi connectivity index (χ1v) is 8.53. The normalized spacial score (nSPS) is 23.0. The molecule has 6 nitrogen and oxygen atoms in total. The van der Waals surface area contributed by atoms with Gasteiger partial charge in [-0.2, -0.15) is 0 Å². The van der Waals surface area contributed by atoms with E-state index in [0.29, 0.717) is 6.61 Å². The summed E-state index contributed by atoms with van der Waals surface area (Å²) in [6, 6.07) is -0.336. The van der Waals surface area contributed by atoms with E-state index in [4.69, 9.17) is 9.47 Å². The molecule has 134 valence electrons. The molecule has 1 saturated carbocycles. The molecule has 0 saturated heterocycles. The molecule has 1 atom stereocenters. The van der Waals surface area contributed by atoms with Gasteiger partial charge in [-0.3, -0.25) is 4.79 Å². The Morgan fingerprint density at radius 1 is 1.22 bits per heavy atom. The van der Waals surface area contributed by atoms with E-state index in [1.807, 2.05) is 6.92 Å². The number of ether oxygens (including phenoxy) is 2. The number of hydrogen-bond acceptors (Lipinski definition) is 5. The van der Waals surface area contributed by atoms with Gasteiger partial charge in [0.1, 0.15) is 5.60 Å². The Morgan fingerprint density at radius 2 is 1.83 bits per heavy atom. The van der Waals surface area contributed by atoms with Crippen LogP contribution in [0.5, 0.6) is 0 Å². The molecule has 0 bridgehead atoms. The van der Waals surface area contributed by atoms with Gasteiger partial charge < -0.3 is 19.9 Å². The van der Waals surface area contributed by atoms with Crippen molar-refractivity contribution in [3.8, 4) is 0 Å². The van der Waals surface area contributed by atoms with Gasteiger partial charge in [0.2, 0.25) is 0 Å². The summed E-state index contributed by atoms with van der Waals surface area (Å²) in [4.78, 5) is 23.7. The van der Waals surface area contributed by atoms with Crippen molar-refractivity contribution in [1.29, 1.82) is 0 Å². The van der Waals surface area contributed by atoms with E-state index in [1.165, 1.54) is 0 Å². The molecule has 1 rings (SSSR count). The van der Waals surface area contributed by atoms with E-state index < -0.39 is 11.7 Å². The Hall–Kier alpha value is -1.30. The summed E-state index contributed by atoms with van der Waals surface area (Å²) in [7, 11) is 0. The van der Waals surface area contributed by atoms with Crippen molar-refractivity contribution < 1.29 is 24.2 Å². The number of nitrogens with one attached hydrogen (secondary N) is 1. The SMILES string of the molecule is CCCOC(=O)C1CCC(C(CO)NC(=O)OC(C)(C)C)CC1. The number of alkyl carbamates (subject to hydrolysis) is 1. The van der Waals surface area contributed by atoms with Crippen molar-refractivity contribution >= 4 is 12.1 Å². The second kappa shape index (κ2) is 9.11. The summed E-state index contributed by atoms with van der Waals surface area (Å²) in [5, 5.41) is 12.3. The highest BCUT2D eigenvalue weighted by atomic mass is 16.6. The second-order valence-corrected chi connectivity index (χ2v) is 7.21. The van der Waals surface area contributed by atoms with Crippen molar-refractivity contribution in [3.63, 3.8) is 0 Å². The average molecular weight is 329 g/mol. The summed E-state index contributed by atoms with van der Waals surface area (Å²) in [5.41, 5.74) is -0.565. The Kier molecular flexibility index (Phi) is 7.82. The number of amides is 1. The number of aliphatic hydroxyl groups is 1. The molecule has 0 heterocycles. The second-order valence-electron chi connectivity index (χ2n) is 7.21. The molecule has 1 fully saturated rings. The lowest BCUT2D eigenvalue weighted by Crippen LogP contribution is -2.46. The van der Waals surface area contributed by atoms with E-state index in [9.17, 15) is 14.7 Å². The lowest BCUT2D eigenvalue weighted by Gasteiger charge is -2.33. The zero-order valence-electron chi connectivity index (χ0n) is 14.8. The van der Waals surface area contributed by atoms with Crippen molar-refractivity contribution in [3.05, 3.63) is 0 Å². The standard InChI is InChI=1S/C17H31NO5/c1-5-10-22-15(20)13-8-6-12(7-9-13)14(11-19)18-16(21)23-17(2,3)4/h12-14,19H,5-11H2,1-4H3,(H,18,21). The fraction of sp³-hybridized carbons (Fsp3) is 0.882. The van der Waals surface area contributed by atoms with E-state index >= 15 is 0 Å². The van der Waals surface area contributed by atoms with Crippen LogP contribution >= 0.6 is 0 Å². The monoisotopic (exact) mass is 329 g/mol. The third-order valence-electron chi connectivity index (χ3n) is 4.02. The van der Waals surface area contributed by atoms with Crippen molar-refractivity contribution in [2.45, 2.75) is 71.4 Å².